The third-order valence-electron chi connectivity index (χ3n) is 3.88. The molecule has 0 saturated heterocycles. The first-order valence-electron chi connectivity index (χ1n) is 7.39. The van der Waals surface area contributed by atoms with Crippen LogP contribution in [0.5, 0.6) is 5.75 Å². The van der Waals surface area contributed by atoms with Crippen LogP contribution in [-0.4, -0.2) is 43.3 Å². The maximum atomic E-state index is 13.0. The van der Waals surface area contributed by atoms with Crippen molar-refractivity contribution in [3.8, 4) is 5.75 Å². The second kappa shape index (κ2) is 6.16. The largest absolute Gasteiger partial charge is 0.496 e. The van der Waals surface area contributed by atoms with Gasteiger partial charge in [0, 0.05) is 7.05 Å². The SMILES string of the molecule is COc1ccccc1C(=O)N1C(=O)CN(C)C(=O)c2ccccc21. The number of amides is 3. The Morgan fingerprint density at radius 2 is 1.71 bits per heavy atom. The molecule has 2 aromatic carbocycles. The third-order valence-corrected chi connectivity index (χ3v) is 3.88. The van der Waals surface area contributed by atoms with E-state index in [1.165, 1.54) is 19.1 Å². The van der Waals surface area contributed by atoms with Gasteiger partial charge in [-0.3, -0.25) is 14.4 Å². The molecule has 6 heteroatoms. The lowest BCUT2D eigenvalue weighted by molar-refractivity contribution is -0.118. The fourth-order valence-electron chi connectivity index (χ4n) is 2.70. The van der Waals surface area contributed by atoms with Crippen molar-refractivity contribution in [3.05, 3.63) is 59.7 Å². The Balaban J connectivity index is 2.15. The van der Waals surface area contributed by atoms with Gasteiger partial charge in [0.2, 0.25) is 0 Å². The molecule has 0 aliphatic carbocycles. The normalized spacial score (nSPS) is 14.2. The first kappa shape index (κ1) is 15.7. The molecule has 0 fully saturated rings. The minimum atomic E-state index is -0.520. The zero-order valence-corrected chi connectivity index (χ0v) is 13.4. The molecule has 1 heterocycles. The Bertz CT molecular complexity index is 831. The summed E-state index contributed by atoms with van der Waals surface area (Å²) >= 11 is 0. The van der Waals surface area contributed by atoms with Crippen molar-refractivity contribution < 1.29 is 19.1 Å². The highest BCUT2D eigenvalue weighted by Gasteiger charge is 2.34. The fraction of sp³-hybridized carbons (Fsp3) is 0.167. The van der Waals surface area contributed by atoms with Crippen LogP contribution < -0.4 is 9.64 Å². The van der Waals surface area contributed by atoms with E-state index in [0.29, 0.717) is 11.3 Å². The summed E-state index contributed by atoms with van der Waals surface area (Å²) in [4.78, 5) is 40.4. The molecule has 2 aromatic rings. The van der Waals surface area contributed by atoms with Gasteiger partial charge in [-0.1, -0.05) is 24.3 Å². The predicted octanol–water partition coefficient (Wildman–Crippen LogP) is 1.95. The quantitative estimate of drug-likeness (QED) is 0.792. The molecule has 3 rings (SSSR count). The molecule has 1 aliphatic rings. The van der Waals surface area contributed by atoms with E-state index in [9.17, 15) is 14.4 Å². The number of hydrogen-bond donors (Lipinski definition) is 0. The van der Waals surface area contributed by atoms with Crippen molar-refractivity contribution >= 4 is 23.4 Å². The highest BCUT2D eigenvalue weighted by molar-refractivity contribution is 6.25. The van der Waals surface area contributed by atoms with Crippen LogP contribution >= 0.6 is 0 Å². The van der Waals surface area contributed by atoms with Gasteiger partial charge in [-0.15, -0.1) is 0 Å². The molecule has 122 valence electrons. The maximum Gasteiger partial charge on any atom is 0.268 e. The summed E-state index contributed by atoms with van der Waals surface area (Å²) in [5, 5.41) is 0. The first-order valence-corrected chi connectivity index (χ1v) is 7.39. The van der Waals surface area contributed by atoms with E-state index in [2.05, 4.69) is 0 Å². The number of methoxy groups -OCH3 is 1. The van der Waals surface area contributed by atoms with Gasteiger partial charge in [0.1, 0.15) is 12.3 Å². The van der Waals surface area contributed by atoms with Crippen molar-refractivity contribution in [3.63, 3.8) is 0 Å². The van der Waals surface area contributed by atoms with Crippen LogP contribution in [0.25, 0.3) is 0 Å². The summed E-state index contributed by atoms with van der Waals surface area (Å²) in [6.45, 7) is -0.172. The zero-order valence-electron chi connectivity index (χ0n) is 13.4. The zero-order chi connectivity index (χ0) is 17.3. The number of rotatable bonds is 2. The smallest absolute Gasteiger partial charge is 0.268 e. The summed E-state index contributed by atoms with van der Waals surface area (Å²) in [7, 11) is 3.00. The fourth-order valence-corrected chi connectivity index (χ4v) is 2.70. The molecule has 0 atom stereocenters. The number of ether oxygens (including phenoxy) is 1. The molecule has 0 saturated carbocycles. The van der Waals surface area contributed by atoms with Gasteiger partial charge in [-0.05, 0) is 24.3 Å². The van der Waals surface area contributed by atoms with Crippen LogP contribution in [0.3, 0.4) is 0 Å². The number of benzene rings is 2. The number of carbonyl (C=O) groups excluding carboxylic acids is 3. The van der Waals surface area contributed by atoms with Crippen molar-refractivity contribution in [1.29, 1.82) is 0 Å². The summed E-state index contributed by atoms with van der Waals surface area (Å²) in [6.07, 6.45) is 0. The molecule has 0 aromatic heterocycles. The van der Waals surface area contributed by atoms with E-state index in [-0.39, 0.29) is 23.7 Å². The summed E-state index contributed by atoms with van der Waals surface area (Å²) in [5.74, 6) is -0.911. The Morgan fingerprint density at radius 3 is 2.46 bits per heavy atom. The van der Waals surface area contributed by atoms with E-state index in [1.807, 2.05) is 0 Å². The molecule has 0 bridgehead atoms. The third kappa shape index (κ3) is 2.52. The molecule has 0 radical (unpaired) electrons. The van der Waals surface area contributed by atoms with Crippen LogP contribution in [0, 0.1) is 0 Å². The second-order valence-corrected chi connectivity index (χ2v) is 5.41. The average molecular weight is 324 g/mol. The Morgan fingerprint density at radius 1 is 1.04 bits per heavy atom. The molecular formula is C18H16N2O4. The van der Waals surface area contributed by atoms with E-state index in [0.717, 1.165) is 4.90 Å². The van der Waals surface area contributed by atoms with Crippen molar-refractivity contribution in [1.82, 2.24) is 4.90 Å². The highest BCUT2D eigenvalue weighted by Crippen LogP contribution is 2.28. The number of nitrogens with zero attached hydrogens (tertiary/aromatic N) is 2. The summed E-state index contributed by atoms with van der Waals surface area (Å²) < 4.78 is 5.22. The lowest BCUT2D eigenvalue weighted by atomic mass is 10.1. The number of imide groups is 1. The molecule has 0 spiro atoms. The number of para-hydroxylation sites is 2. The minimum Gasteiger partial charge on any atom is -0.496 e. The lowest BCUT2D eigenvalue weighted by Gasteiger charge is -2.21. The van der Waals surface area contributed by atoms with Gasteiger partial charge in [0.25, 0.3) is 17.7 Å². The van der Waals surface area contributed by atoms with E-state index in [4.69, 9.17) is 4.74 Å². The number of anilines is 1. The Kier molecular flexibility index (Phi) is 4.04. The van der Waals surface area contributed by atoms with Crippen molar-refractivity contribution in [2.24, 2.45) is 0 Å². The molecule has 0 N–H and O–H groups in total. The minimum absolute atomic E-state index is 0.172. The highest BCUT2D eigenvalue weighted by atomic mass is 16.5. The van der Waals surface area contributed by atoms with Crippen LogP contribution in [0.4, 0.5) is 5.69 Å². The monoisotopic (exact) mass is 324 g/mol. The van der Waals surface area contributed by atoms with Gasteiger partial charge >= 0.3 is 0 Å². The van der Waals surface area contributed by atoms with Gasteiger partial charge in [-0.25, -0.2) is 4.90 Å². The van der Waals surface area contributed by atoms with Crippen LogP contribution in [0.15, 0.2) is 48.5 Å². The first-order chi connectivity index (χ1) is 11.5. The average Bonchev–Trinajstić information content (AvgIpc) is 2.69. The van der Waals surface area contributed by atoms with Gasteiger partial charge in [0.15, 0.2) is 0 Å². The van der Waals surface area contributed by atoms with Gasteiger partial charge in [0.05, 0.1) is 23.9 Å². The van der Waals surface area contributed by atoms with Crippen LogP contribution in [-0.2, 0) is 4.79 Å². The molecule has 3 amide bonds. The van der Waals surface area contributed by atoms with Crippen LogP contribution in [0.1, 0.15) is 20.7 Å². The van der Waals surface area contributed by atoms with Gasteiger partial charge in [-0.2, -0.15) is 0 Å². The van der Waals surface area contributed by atoms with Crippen LogP contribution in [0.2, 0.25) is 0 Å². The van der Waals surface area contributed by atoms with E-state index in [1.54, 1.807) is 48.5 Å². The predicted molar refractivity (Wildman–Crippen MR) is 88.2 cm³/mol. The lowest BCUT2D eigenvalue weighted by Crippen LogP contribution is -2.41. The van der Waals surface area contributed by atoms with E-state index < -0.39 is 11.8 Å². The molecular weight excluding hydrogens is 308 g/mol. The molecule has 1 aliphatic heterocycles. The summed E-state index contributed by atoms with van der Waals surface area (Å²) in [5.41, 5.74) is 0.863. The van der Waals surface area contributed by atoms with Gasteiger partial charge < -0.3 is 9.64 Å². The number of hydrogen-bond acceptors (Lipinski definition) is 4. The Hall–Kier alpha value is -3.15. The van der Waals surface area contributed by atoms with Crippen molar-refractivity contribution in [2.45, 2.75) is 0 Å². The Labute approximate surface area is 139 Å². The number of fused-ring (bicyclic) bond motifs is 1. The number of carbonyl (C=O) groups is 3. The molecule has 6 nitrogen and oxygen atoms in total. The topological polar surface area (TPSA) is 66.9 Å². The summed E-state index contributed by atoms with van der Waals surface area (Å²) in [6, 6.07) is 13.3. The maximum absolute atomic E-state index is 13.0. The molecule has 24 heavy (non-hydrogen) atoms. The van der Waals surface area contributed by atoms with E-state index >= 15 is 0 Å². The standard InChI is InChI=1S/C18H16N2O4/c1-19-11-16(21)20(14-9-5-3-7-12(14)17(19)22)18(23)13-8-4-6-10-15(13)24-2/h3-10H,11H2,1-2H3. The second-order valence-electron chi connectivity index (χ2n) is 5.41. The van der Waals surface area contributed by atoms with Crippen molar-refractivity contribution in [2.75, 3.05) is 25.6 Å². The number of likely N-dealkylation sites (N-methyl/N-ethyl adjacent to an activating group) is 1. The molecule has 0 unspecified atom stereocenters.